The van der Waals surface area contributed by atoms with Crippen molar-refractivity contribution in [2.45, 2.75) is 6.42 Å². The Morgan fingerprint density at radius 2 is 2.28 bits per heavy atom. The first kappa shape index (κ1) is 13.4. The van der Waals surface area contributed by atoms with Crippen molar-refractivity contribution in [3.05, 3.63) is 37.6 Å². The molecule has 1 aliphatic heterocycles. The average molecular weight is 374 g/mol. The van der Waals surface area contributed by atoms with Crippen molar-refractivity contribution < 1.29 is 4.79 Å². The molecule has 0 bridgehead atoms. The van der Waals surface area contributed by atoms with Crippen LogP contribution in [0, 0.1) is 5.92 Å². The topological polar surface area (TPSA) is 69.1 Å². The number of amides is 1. The van der Waals surface area contributed by atoms with E-state index in [0.29, 0.717) is 19.5 Å². The van der Waals surface area contributed by atoms with Crippen molar-refractivity contribution in [2.75, 3.05) is 18.0 Å². The Bertz CT molecular complexity index is 528. The first-order chi connectivity index (χ1) is 8.61. The molecule has 94 valence electrons. The summed E-state index contributed by atoms with van der Waals surface area (Å²) in [5, 5.41) is 3.54. The monoisotopic (exact) mass is 372 g/mol. The number of rotatable bonds is 3. The van der Waals surface area contributed by atoms with E-state index in [1.54, 1.807) is 4.90 Å². The fourth-order valence-corrected chi connectivity index (χ4v) is 3.25. The molecule has 1 saturated heterocycles. The van der Waals surface area contributed by atoms with Crippen LogP contribution < -0.4 is 4.90 Å². The zero-order chi connectivity index (χ0) is 13.1. The minimum Gasteiger partial charge on any atom is -0.311 e. The Morgan fingerprint density at radius 3 is 2.94 bits per heavy atom. The third-order valence-corrected chi connectivity index (χ3v) is 3.94. The third kappa shape index (κ3) is 2.85. The first-order valence-corrected chi connectivity index (χ1v) is 6.96. The summed E-state index contributed by atoms with van der Waals surface area (Å²) in [6.07, 6.45) is 0.432. The Morgan fingerprint density at radius 1 is 1.50 bits per heavy atom. The molecular formula is C11H10Br2N4O. The third-order valence-electron chi connectivity index (χ3n) is 2.81. The first-order valence-electron chi connectivity index (χ1n) is 5.38. The van der Waals surface area contributed by atoms with Crippen molar-refractivity contribution in [1.29, 1.82) is 0 Å². The highest BCUT2D eigenvalue weighted by molar-refractivity contribution is 9.11. The normalized spacial score (nSPS) is 18.9. The number of hydrogen-bond donors (Lipinski definition) is 0. The van der Waals surface area contributed by atoms with Crippen LogP contribution in [0.1, 0.15) is 6.42 Å². The van der Waals surface area contributed by atoms with E-state index < -0.39 is 0 Å². The van der Waals surface area contributed by atoms with Crippen molar-refractivity contribution >= 4 is 43.5 Å². The fourth-order valence-electron chi connectivity index (χ4n) is 1.99. The maximum Gasteiger partial charge on any atom is 0.227 e. The smallest absolute Gasteiger partial charge is 0.227 e. The predicted octanol–water partition coefficient (Wildman–Crippen LogP) is 3.87. The summed E-state index contributed by atoms with van der Waals surface area (Å²) in [5.74, 6) is 0.167. The van der Waals surface area contributed by atoms with E-state index in [4.69, 9.17) is 5.53 Å². The Labute approximate surface area is 121 Å². The highest BCUT2D eigenvalue weighted by atomic mass is 79.9. The fraction of sp³-hybridized carbons (Fsp3) is 0.364. The molecule has 5 nitrogen and oxygen atoms in total. The van der Waals surface area contributed by atoms with E-state index in [0.717, 1.165) is 14.6 Å². The van der Waals surface area contributed by atoms with Crippen LogP contribution in [0.2, 0.25) is 0 Å². The van der Waals surface area contributed by atoms with Crippen LogP contribution >= 0.6 is 31.9 Å². The van der Waals surface area contributed by atoms with Crippen LogP contribution in [0.15, 0.2) is 32.3 Å². The summed E-state index contributed by atoms with van der Waals surface area (Å²) in [6.45, 7) is 0.963. The lowest BCUT2D eigenvalue weighted by Gasteiger charge is -2.18. The minimum atomic E-state index is 0.0659. The number of benzene rings is 1. The van der Waals surface area contributed by atoms with Gasteiger partial charge in [0.15, 0.2) is 0 Å². The molecule has 0 radical (unpaired) electrons. The molecule has 0 aliphatic carbocycles. The van der Waals surface area contributed by atoms with E-state index >= 15 is 0 Å². The van der Waals surface area contributed by atoms with Crippen LogP contribution in [0.4, 0.5) is 5.69 Å². The van der Waals surface area contributed by atoms with Crippen molar-refractivity contribution in [2.24, 2.45) is 11.0 Å². The molecule has 2 rings (SSSR count). The zero-order valence-electron chi connectivity index (χ0n) is 9.38. The molecule has 1 unspecified atom stereocenters. The summed E-state index contributed by atoms with van der Waals surface area (Å²) < 4.78 is 1.82. The molecule has 1 amide bonds. The van der Waals surface area contributed by atoms with Crippen molar-refractivity contribution in [3.63, 3.8) is 0 Å². The number of carbonyl (C=O) groups excluding carboxylic acids is 1. The molecule has 0 spiro atoms. The van der Waals surface area contributed by atoms with Gasteiger partial charge in [0.2, 0.25) is 5.91 Å². The second-order valence-electron chi connectivity index (χ2n) is 4.08. The number of hydrogen-bond acceptors (Lipinski definition) is 2. The van der Waals surface area contributed by atoms with Crippen LogP contribution in [-0.2, 0) is 4.79 Å². The van der Waals surface area contributed by atoms with Gasteiger partial charge in [0.1, 0.15) is 0 Å². The SMILES string of the molecule is [N-]=[N+]=NCC1CC(=O)N(c2ccc(Br)cc2Br)C1. The number of carbonyl (C=O) groups is 1. The molecule has 18 heavy (non-hydrogen) atoms. The maximum absolute atomic E-state index is 11.9. The second-order valence-corrected chi connectivity index (χ2v) is 5.85. The predicted molar refractivity (Wildman–Crippen MR) is 76.3 cm³/mol. The van der Waals surface area contributed by atoms with Gasteiger partial charge in [-0.1, -0.05) is 21.0 Å². The largest absolute Gasteiger partial charge is 0.311 e. The summed E-state index contributed by atoms with van der Waals surface area (Å²) in [4.78, 5) is 16.4. The molecule has 1 aromatic carbocycles. The Kier molecular flexibility index (Phi) is 4.27. The van der Waals surface area contributed by atoms with Gasteiger partial charge in [-0.3, -0.25) is 4.79 Å². The van der Waals surface area contributed by atoms with Crippen molar-refractivity contribution in [1.82, 2.24) is 0 Å². The molecule has 0 N–H and O–H groups in total. The Hall–Kier alpha value is -1.04. The highest BCUT2D eigenvalue weighted by Crippen LogP contribution is 2.33. The second kappa shape index (κ2) is 5.73. The zero-order valence-corrected chi connectivity index (χ0v) is 12.6. The van der Waals surface area contributed by atoms with Crippen LogP contribution in [0.5, 0.6) is 0 Å². The van der Waals surface area contributed by atoms with Gasteiger partial charge >= 0.3 is 0 Å². The molecule has 1 atom stereocenters. The van der Waals surface area contributed by atoms with E-state index in [1.807, 2.05) is 18.2 Å². The van der Waals surface area contributed by atoms with Gasteiger partial charge in [0.25, 0.3) is 0 Å². The number of nitrogens with zero attached hydrogens (tertiary/aromatic N) is 4. The van der Waals surface area contributed by atoms with Gasteiger partial charge in [-0.25, -0.2) is 0 Å². The van der Waals surface area contributed by atoms with Gasteiger partial charge in [0.05, 0.1) is 5.69 Å². The van der Waals surface area contributed by atoms with Gasteiger partial charge in [0, 0.05) is 33.4 Å². The summed E-state index contributed by atoms with van der Waals surface area (Å²) in [6, 6.07) is 5.69. The Balaban J connectivity index is 2.18. The quantitative estimate of drug-likeness (QED) is 0.450. The molecule has 1 aliphatic rings. The lowest BCUT2D eigenvalue weighted by molar-refractivity contribution is -0.117. The van der Waals surface area contributed by atoms with Gasteiger partial charge in [-0.2, -0.15) is 0 Å². The number of anilines is 1. The van der Waals surface area contributed by atoms with Crippen LogP contribution in [0.3, 0.4) is 0 Å². The van der Waals surface area contributed by atoms with Gasteiger partial charge in [-0.15, -0.1) is 0 Å². The molecule has 0 saturated carbocycles. The molecule has 1 aromatic rings. The van der Waals surface area contributed by atoms with E-state index in [-0.39, 0.29) is 11.8 Å². The average Bonchev–Trinajstić information content (AvgIpc) is 2.68. The van der Waals surface area contributed by atoms with E-state index in [9.17, 15) is 4.79 Å². The van der Waals surface area contributed by atoms with Gasteiger partial charge in [-0.05, 0) is 45.6 Å². The molecule has 1 fully saturated rings. The summed E-state index contributed by atoms with van der Waals surface area (Å²) in [7, 11) is 0. The lowest BCUT2D eigenvalue weighted by atomic mass is 10.1. The molecule has 0 aromatic heterocycles. The number of halogens is 2. The molecule has 7 heteroatoms. The van der Waals surface area contributed by atoms with Crippen LogP contribution in [-0.4, -0.2) is 19.0 Å². The van der Waals surface area contributed by atoms with E-state index in [1.165, 1.54) is 0 Å². The maximum atomic E-state index is 11.9. The summed E-state index contributed by atoms with van der Waals surface area (Å²) >= 11 is 6.83. The molecular weight excluding hydrogens is 364 g/mol. The molecule has 1 heterocycles. The lowest BCUT2D eigenvalue weighted by Crippen LogP contribution is -2.25. The minimum absolute atomic E-state index is 0.0659. The van der Waals surface area contributed by atoms with E-state index in [2.05, 4.69) is 41.9 Å². The van der Waals surface area contributed by atoms with Gasteiger partial charge < -0.3 is 4.90 Å². The van der Waals surface area contributed by atoms with Crippen molar-refractivity contribution in [3.8, 4) is 0 Å². The summed E-state index contributed by atoms with van der Waals surface area (Å²) in [5.41, 5.74) is 9.15. The standard InChI is InChI=1S/C11H10Br2N4O/c12-8-1-2-10(9(13)4-8)17-6-7(3-11(17)18)5-15-16-14/h1-2,4,7H,3,5-6H2. The highest BCUT2D eigenvalue weighted by Gasteiger charge is 2.30. The number of azide groups is 1. The van der Waals surface area contributed by atoms with Crippen LogP contribution in [0.25, 0.3) is 10.4 Å².